The highest BCUT2D eigenvalue weighted by atomic mass is 32.2. The molecule has 0 aliphatic carbocycles. The molecular formula is C10H23NOS. The first kappa shape index (κ1) is 13.1. The van der Waals surface area contributed by atoms with Crippen molar-refractivity contribution in [3.8, 4) is 0 Å². The second-order valence-electron chi connectivity index (χ2n) is 4.39. The van der Waals surface area contributed by atoms with Gasteiger partial charge >= 0.3 is 0 Å². The Morgan fingerprint density at radius 2 is 1.69 bits per heavy atom. The van der Waals surface area contributed by atoms with Crippen molar-refractivity contribution in [3.63, 3.8) is 0 Å². The van der Waals surface area contributed by atoms with Crippen molar-refractivity contribution in [3.05, 3.63) is 0 Å². The summed E-state index contributed by atoms with van der Waals surface area (Å²) in [4.78, 5) is 0. The van der Waals surface area contributed by atoms with E-state index in [2.05, 4.69) is 32.0 Å². The van der Waals surface area contributed by atoms with E-state index >= 15 is 0 Å². The molecule has 0 fully saturated rings. The lowest BCUT2D eigenvalue weighted by atomic mass is 10.1. The molecule has 0 saturated heterocycles. The molecule has 0 aromatic heterocycles. The minimum atomic E-state index is -0.807. The third-order valence-corrected chi connectivity index (χ3v) is 2.95. The first-order valence-corrected chi connectivity index (χ1v) is 6.53. The SMILES string of the molecule is CC(C)CCN(CC(C)C)S(C)=O. The van der Waals surface area contributed by atoms with Gasteiger partial charge in [-0.1, -0.05) is 27.7 Å². The molecule has 0 rings (SSSR count). The summed E-state index contributed by atoms with van der Waals surface area (Å²) in [7, 11) is -0.807. The van der Waals surface area contributed by atoms with Crippen LogP contribution in [0.1, 0.15) is 34.1 Å². The maximum Gasteiger partial charge on any atom is 0.0910 e. The monoisotopic (exact) mass is 205 g/mol. The van der Waals surface area contributed by atoms with Crippen molar-refractivity contribution in [2.24, 2.45) is 11.8 Å². The molecule has 0 saturated carbocycles. The van der Waals surface area contributed by atoms with Crippen molar-refractivity contribution in [1.82, 2.24) is 4.31 Å². The van der Waals surface area contributed by atoms with E-state index in [-0.39, 0.29) is 0 Å². The molecule has 0 spiro atoms. The first-order chi connectivity index (χ1) is 5.93. The molecule has 3 heteroatoms. The smallest absolute Gasteiger partial charge is 0.0910 e. The predicted molar refractivity (Wildman–Crippen MR) is 59.9 cm³/mol. The highest BCUT2D eigenvalue weighted by Gasteiger charge is 2.10. The molecule has 1 unspecified atom stereocenters. The van der Waals surface area contributed by atoms with Crippen LogP contribution in [0.3, 0.4) is 0 Å². The molecule has 13 heavy (non-hydrogen) atoms. The van der Waals surface area contributed by atoms with E-state index in [9.17, 15) is 4.21 Å². The van der Waals surface area contributed by atoms with Crippen LogP contribution in [0.4, 0.5) is 0 Å². The predicted octanol–water partition coefficient (Wildman–Crippen LogP) is 2.28. The Bertz CT molecular complexity index is 157. The minimum Gasteiger partial charge on any atom is -0.243 e. The van der Waals surface area contributed by atoms with Crippen molar-refractivity contribution in [1.29, 1.82) is 0 Å². The molecular weight excluding hydrogens is 182 g/mol. The van der Waals surface area contributed by atoms with E-state index in [0.717, 1.165) is 19.5 Å². The van der Waals surface area contributed by atoms with Gasteiger partial charge in [-0.05, 0) is 18.3 Å². The van der Waals surface area contributed by atoms with Crippen molar-refractivity contribution < 1.29 is 4.21 Å². The van der Waals surface area contributed by atoms with Crippen molar-refractivity contribution in [2.45, 2.75) is 34.1 Å². The average molecular weight is 205 g/mol. The maximum absolute atomic E-state index is 11.3. The van der Waals surface area contributed by atoms with Crippen LogP contribution >= 0.6 is 0 Å². The minimum absolute atomic E-state index is 0.594. The Morgan fingerprint density at radius 1 is 1.15 bits per heavy atom. The molecule has 0 aromatic carbocycles. The largest absolute Gasteiger partial charge is 0.243 e. The van der Waals surface area contributed by atoms with E-state index in [1.54, 1.807) is 6.26 Å². The second-order valence-corrected chi connectivity index (χ2v) is 5.75. The average Bonchev–Trinajstić information content (AvgIpc) is 1.96. The van der Waals surface area contributed by atoms with E-state index in [0.29, 0.717) is 11.8 Å². The number of hydrogen-bond acceptors (Lipinski definition) is 1. The summed E-state index contributed by atoms with van der Waals surface area (Å²) < 4.78 is 13.4. The molecule has 1 atom stereocenters. The van der Waals surface area contributed by atoms with Gasteiger partial charge in [0.2, 0.25) is 0 Å². The fourth-order valence-corrected chi connectivity index (χ4v) is 2.00. The Kier molecular flexibility index (Phi) is 6.60. The molecule has 0 heterocycles. The molecule has 0 amide bonds. The number of nitrogens with zero attached hydrogens (tertiary/aromatic N) is 1. The lowest BCUT2D eigenvalue weighted by Crippen LogP contribution is -2.30. The van der Waals surface area contributed by atoms with Gasteiger partial charge in [0.25, 0.3) is 0 Å². The Morgan fingerprint density at radius 3 is 2.00 bits per heavy atom. The fraction of sp³-hybridized carbons (Fsp3) is 1.00. The second kappa shape index (κ2) is 6.55. The van der Waals surface area contributed by atoms with Gasteiger partial charge in [0, 0.05) is 19.3 Å². The van der Waals surface area contributed by atoms with E-state index in [4.69, 9.17) is 0 Å². The van der Waals surface area contributed by atoms with E-state index < -0.39 is 11.0 Å². The van der Waals surface area contributed by atoms with Gasteiger partial charge in [-0.3, -0.25) is 0 Å². The van der Waals surface area contributed by atoms with Gasteiger partial charge in [0.05, 0.1) is 11.0 Å². The molecule has 0 N–H and O–H groups in total. The fourth-order valence-electron chi connectivity index (χ4n) is 1.13. The van der Waals surface area contributed by atoms with Crippen LogP contribution in [-0.4, -0.2) is 27.9 Å². The van der Waals surface area contributed by atoms with E-state index in [1.807, 2.05) is 0 Å². The molecule has 0 aliphatic heterocycles. The lowest BCUT2D eigenvalue weighted by molar-refractivity contribution is 0.364. The van der Waals surface area contributed by atoms with Gasteiger partial charge in [0.15, 0.2) is 0 Å². The number of hydrogen-bond donors (Lipinski definition) is 0. The van der Waals surface area contributed by atoms with Crippen LogP contribution in [0, 0.1) is 11.8 Å². The Labute approximate surface area is 85.3 Å². The summed E-state index contributed by atoms with van der Waals surface area (Å²) in [6.45, 7) is 10.6. The lowest BCUT2D eigenvalue weighted by Gasteiger charge is -2.21. The van der Waals surface area contributed by atoms with Crippen molar-refractivity contribution in [2.75, 3.05) is 19.3 Å². The van der Waals surface area contributed by atoms with Crippen LogP contribution in [0.5, 0.6) is 0 Å². The summed E-state index contributed by atoms with van der Waals surface area (Å²) >= 11 is 0. The Balaban J connectivity index is 3.88. The zero-order valence-electron chi connectivity index (χ0n) is 9.54. The van der Waals surface area contributed by atoms with Gasteiger partial charge in [-0.15, -0.1) is 0 Å². The first-order valence-electron chi connectivity index (χ1n) is 5.02. The third kappa shape index (κ3) is 7.20. The zero-order valence-corrected chi connectivity index (χ0v) is 10.4. The summed E-state index contributed by atoms with van der Waals surface area (Å²) in [5, 5.41) is 0. The van der Waals surface area contributed by atoms with Gasteiger partial charge in [-0.2, -0.15) is 0 Å². The molecule has 2 nitrogen and oxygen atoms in total. The Hall–Kier alpha value is 0.110. The van der Waals surface area contributed by atoms with Crippen molar-refractivity contribution >= 4 is 11.0 Å². The maximum atomic E-state index is 11.3. The third-order valence-electron chi connectivity index (χ3n) is 1.89. The molecule has 0 bridgehead atoms. The van der Waals surface area contributed by atoms with Gasteiger partial charge in [0.1, 0.15) is 0 Å². The van der Waals surface area contributed by atoms with Crippen LogP contribution in [0.2, 0.25) is 0 Å². The van der Waals surface area contributed by atoms with Crippen LogP contribution in [0.25, 0.3) is 0 Å². The molecule has 0 aliphatic rings. The topological polar surface area (TPSA) is 20.3 Å². The molecule has 80 valence electrons. The highest BCUT2D eigenvalue weighted by molar-refractivity contribution is 7.81. The number of rotatable bonds is 6. The van der Waals surface area contributed by atoms with Gasteiger partial charge in [-0.25, -0.2) is 8.51 Å². The normalized spacial score (nSPS) is 14.5. The summed E-state index contributed by atoms with van der Waals surface area (Å²) in [5.41, 5.74) is 0. The standard InChI is InChI=1S/C10H23NOS/c1-9(2)6-7-11(13(5)12)8-10(3)4/h9-10H,6-8H2,1-5H3. The molecule has 0 aromatic rings. The summed E-state index contributed by atoms with van der Waals surface area (Å²) in [6, 6.07) is 0. The highest BCUT2D eigenvalue weighted by Crippen LogP contribution is 2.06. The van der Waals surface area contributed by atoms with Crippen LogP contribution in [0.15, 0.2) is 0 Å². The zero-order chi connectivity index (χ0) is 10.4. The molecule has 0 radical (unpaired) electrons. The van der Waals surface area contributed by atoms with E-state index in [1.165, 1.54) is 0 Å². The summed E-state index contributed by atoms with van der Waals surface area (Å²) in [5.74, 6) is 1.29. The van der Waals surface area contributed by atoms with Crippen LogP contribution in [-0.2, 0) is 11.0 Å². The van der Waals surface area contributed by atoms with Gasteiger partial charge < -0.3 is 0 Å². The summed E-state index contributed by atoms with van der Waals surface area (Å²) in [6.07, 6.45) is 2.90. The quantitative estimate of drug-likeness (QED) is 0.651. The van der Waals surface area contributed by atoms with Crippen LogP contribution < -0.4 is 0 Å².